The van der Waals surface area contributed by atoms with Crippen LogP contribution in [0.5, 0.6) is 0 Å². The Labute approximate surface area is 190 Å². The number of halogens is 2. The van der Waals surface area contributed by atoms with Gasteiger partial charge in [-0.1, -0.05) is 36.4 Å². The zero-order valence-electron chi connectivity index (χ0n) is 17.0. The number of amides is 1. The molecule has 5 nitrogen and oxygen atoms in total. The van der Waals surface area contributed by atoms with Gasteiger partial charge in [-0.25, -0.2) is 4.98 Å². The molecule has 2 aromatic carbocycles. The number of para-hydroxylation sites is 2. The number of piperidine rings is 1. The fraction of sp³-hybridized carbons (Fsp3) is 0.391. The van der Waals surface area contributed by atoms with Crippen LogP contribution in [0.25, 0.3) is 11.0 Å². The Balaban J connectivity index is 0.00000160. The molecule has 0 aliphatic carbocycles. The molecule has 162 valence electrons. The van der Waals surface area contributed by atoms with Crippen molar-refractivity contribution in [1.82, 2.24) is 20.2 Å². The van der Waals surface area contributed by atoms with Crippen molar-refractivity contribution in [3.05, 3.63) is 66.0 Å². The molecule has 3 aromatic rings. The predicted octanol–water partition coefficient (Wildman–Crippen LogP) is 4.32. The van der Waals surface area contributed by atoms with E-state index in [1.54, 1.807) is 0 Å². The SMILES string of the molecule is Cl.Cl.O=C(CCC1CCNCC1)NCc1cccc(Cn2cnc3ccccc32)c1. The highest BCUT2D eigenvalue weighted by Gasteiger charge is 2.14. The Morgan fingerprint density at radius 3 is 2.67 bits per heavy atom. The van der Waals surface area contributed by atoms with Crippen molar-refractivity contribution in [2.24, 2.45) is 5.92 Å². The van der Waals surface area contributed by atoms with E-state index in [1.807, 2.05) is 24.5 Å². The highest BCUT2D eigenvalue weighted by molar-refractivity contribution is 5.85. The normalized spacial score (nSPS) is 14.0. The molecule has 4 rings (SSSR count). The van der Waals surface area contributed by atoms with Crippen molar-refractivity contribution < 1.29 is 4.79 Å². The van der Waals surface area contributed by atoms with Gasteiger partial charge in [-0.05, 0) is 61.5 Å². The molecule has 1 aliphatic heterocycles. The molecule has 1 aliphatic rings. The second kappa shape index (κ2) is 11.9. The Hall–Kier alpha value is -2.08. The number of fused-ring (bicyclic) bond motifs is 1. The molecule has 0 unspecified atom stereocenters. The molecule has 0 saturated carbocycles. The van der Waals surface area contributed by atoms with Crippen LogP contribution in [0, 0.1) is 5.92 Å². The topological polar surface area (TPSA) is 59.0 Å². The molecule has 0 atom stereocenters. The van der Waals surface area contributed by atoms with Crippen molar-refractivity contribution >= 4 is 41.8 Å². The third kappa shape index (κ3) is 6.46. The zero-order valence-corrected chi connectivity index (χ0v) is 18.7. The third-order valence-electron chi connectivity index (χ3n) is 5.60. The predicted molar refractivity (Wildman–Crippen MR) is 126 cm³/mol. The molecule has 1 fully saturated rings. The number of aromatic nitrogens is 2. The van der Waals surface area contributed by atoms with Gasteiger partial charge in [-0.3, -0.25) is 4.79 Å². The number of hydrogen-bond donors (Lipinski definition) is 2. The smallest absolute Gasteiger partial charge is 0.220 e. The molecule has 0 radical (unpaired) electrons. The average molecular weight is 449 g/mol. The van der Waals surface area contributed by atoms with E-state index in [9.17, 15) is 4.79 Å². The molecule has 0 spiro atoms. The van der Waals surface area contributed by atoms with E-state index in [1.165, 1.54) is 18.4 Å². The van der Waals surface area contributed by atoms with E-state index in [-0.39, 0.29) is 30.7 Å². The van der Waals surface area contributed by atoms with Crippen molar-refractivity contribution in [3.63, 3.8) is 0 Å². The van der Waals surface area contributed by atoms with E-state index < -0.39 is 0 Å². The second-order valence-corrected chi connectivity index (χ2v) is 7.69. The summed E-state index contributed by atoms with van der Waals surface area (Å²) in [5, 5.41) is 6.45. The van der Waals surface area contributed by atoms with Gasteiger partial charge in [0.1, 0.15) is 0 Å². The number of benzene rings is 2. The maximum Gasteiger partial charge on any atom is 0.220 e. The van der Waals surface area contributed by atoms with E-state index in [0.29, 0.717) is 18.9 Å². The van der Waals surface area contributed by atoms with E-state index >= 15 is 0 Å². The van der Waals surface area contributed by atoms with Gasteiger partial charge in [-0.15, -0.1) is 24.8 Å². The minimum atomic E-state index is 0. The number of hydrogen-bond acceptors (Lipinski definition) is 3. The molecule has 7 heteroatoms. The summed E-state index contributed by atoms with van der Waals surface area (Å²) in [6.45, 7) is 3.54. The minimum Gasteiger partial charge on any atom is -0.352 e. The van der Waals surface area contributed by atoms with Gasteiger partial charge in [0, 0.05) is 19.5 Å². The van der Waals surface area contributed by atoms with Crippen LogP contribution < -0.4 is 10.6 Å². The third-order valence-corrected chi connectivity index (χ3v) is 5.60. The van der Waals surface area contributed by atoms with Gasteiger partial charge in [0.2, 0.25) is 5.91 Å². The number of imidazole rings is 1. The lowest BCUT2D eigenvalue weighted by molar-refractivity contribution is -0.121. The Morgan fingerprint density at radius 2 is 1.83 bits per heavy atom. The van der Waals surface area contributed by atoms with Crippen molar-refractivity contribution in [2.45, 2.75) is 38.8 Å². The molecular formula is C23H30Cl2N4O. The van der Waals surface area contributed by atoms with Crippen molar-refractivity contribution in [3.8, 4) is 0 Å². The van der Waals surface area contributed by atoms with Crippen molar-refractivity contribution in [1.29, 1.82) is 0 Å². The first-order valence-electron chi connectivity index (χ1n) is 10.2. The summed E-state index contributed by atoms with van der Waals surface area (Å²) in [5.41, 5.74) is 4.50. The summed E-state index contributed by atoms with van der Waals surface area (Å²) < 4.78 is 2.16. The standard InChI is InChI=1S/C23H28N4O.2ClH/c28-23(9-8-18-10-12-24-13-11-18)25-15-19-4-3-5-20(14-19)16-27-17-26-21-6-1-2-7-22(21)27;;/h1-7,14,17-18,24H,8-13,15-16H2,(H,25,28);2*1H. The maximum absolute atomic E-state index is 12.2. The molecule has 1 amide bonds. The molecule has 2 N–H and O–H groups in total. The van der Waals surface area contributed by atoms with E-state index in [4.69, 9.17) is 0 Å². The van der Waals surface area contributed by atoms with Gasteiger partial charge in [0.15, 0.2) is 0 Å². The van der Waals surface area contributed by atoms with E-state index in [2.05, 4.69) is 50.5 Å². The molecule has 1 saturated heterocycles. The molecular weight excluding hydrogens is 419 g/mol. The highest BCUT2D eigenvalue weighted by atomic mass is 35.5. The van der Waals surface area contributed by atoms with Gasteiger partial charge in [0.25, 0.3) is 0 Å². The number of nitrogens with zero attached hydrogens (tertiary/aromatic N) is 2. The molecule has 30 heavy (non-hydrogen) atoms. The van der Waals surface area contributed by atoms with Gasteiger partial charge in [-0.2, -0.15) is 0 Å². The monoisotopic (exact) mass is 448 g/mol. The fourth-order valence-electron chi connectivity index (χ4n) is 3.97. The van der Waals surface area contributed by atoms with Crippen LogP contribution >= 0.6 is 24.8 Å². The average Bonchev–Trinajstić information content (AvgIpc) is 3.15. The summed E-state index contributed by atoms with van der Waals surface area (Å²) in [7, 11) is 0. The van der Waals surface area contributed by atoms with Crippen LogP contribution in [0.2, 0.25) is 0 Å². The van der Waals surface area contributed by atoms with Crippen LogP contribution in [0.1, 0.15) is 36.8 Å². The molecule has 1 aromatic heterocycles. The first-order chi connectivity index (χ1) is 13.8. The number of rotatable bonds is 7. The summed E-state index contributed by atoms with van der Waals surface area (Å²) in [4.78, 5) is 16.7. The minimum absolute atomic E-state index is 0. The lowest BCUT2D eigenvalue weighted by atomic mass is 9.93. The summed E-state index contributed by atoms with van der Waals surface area (Å²) in [6, 6.07) is 16.6. The zero-order chi connectivity index (χ0) is 19.2. The van der Waals surface area contributed by atoms with Gasteiger partial charge >= 0.3 is 0 Å². The summed E-state index contributed by atoms with van der Waals surface area (Å²) >= 11 is 0. The first kappa shape index (κ1) is 24.2. The Kier molecular flexibility index (Phi) is 9.63. The largest absolute Gasteiger partial charge is 0.352 e. The van der Waals surface area contributed by atoms with Gasteiger partial charge in [0.05, 0.1) is 17.4 Å². The number of nitrogens with one attached hydrogen (secondary N) is 2. The number of carbonyl (C=O) groups is 1. The lowest BCUT2D eigenvalue weighted by Crippen LogP contribution is -2.29. The van der Waals surface area contributed by atoms with Crippen LogP contribution in [0.4, 0.5) is 0 Å². The molecule has 2 heterocycles. The maximum atomic E-state index is 12.2. The summed E-state index contributed by atoms with van der Waals surface area (Å²) in [6.07, 6.45) is 5.91. The lowest BCUT2D eigenvalue weighted by Gasteiger charge is -2.22. The van der Waals surface area contributed by atoms with E-state index in [0.717, 1.165) is 42.7 Å². The quantitative estimate of drug-likeness (QED) is 0.565. The van der Waals surface area contributed by atoms with Gasteiger partial charge < -0.3 is 15.2 Å². The second-order valence-electron chi connectivity index (χ2n) is 7.69. The first-order valence-corrected chi connectivity index (χ1v) is 10.2. The van der Waals surface area contributed by atoms with Crippen LogP contribution in [-0.4, -0.2) is 28.5 Å². The highest BCUT2D eigenvalue weighted by Crippen LogP contribution is 2.18. The number of carbonyl (C=O) groups excluding carboxylic acids is 1. The van der Waals surface area contributed by atoms with Crippen LogP contribution in [-0.2, 0) is 17.9 Å². The Morgan fingerprint density at radius 1 is 1.07 bits per heavy atom. The Bertz CT molecular complexity index is 938. The van der Waals surface area contributed by atoms with Crippen molar-refractivity contribution in [2.75, 3.05) is 13.1 Å². The van der Waals surface area contributed by atoms with Crippen LogP contribution in [0.15, 0.2) is 54.9 Å². The molecule has 0 bridgehead atoms. The van der Waals surface area contributed by atoms with Crippen LogP contribution in [0.3, 0.4) is 0 Å². The summed E-state index contributed by atoms with van der Waals surface area (Å²) in [5.74, 6) is 0.852. The fourth-order valence-corrected chi connectivity index (χ4v) is 3.97.